The van der Waals surface area contributed by atoms with Crippen molar-refractivity contribution in [3.63, 3.8) is 0 Å². The summed E-state index contributed by atoms with van der Waals surface area (Å²) in [7, 11) is 0. The number of ether oxygens (including phenoxy) is 1. The minimum absolute atomic E-state index is 0.00112. The van der Waals surface area contributed by atoms with E-state index in [0.717, 1.165) is 10.8 Å². The molecule has 3 aromatic rings. The van der Waals surface area contributed by atoms with Crippen LogP contribution in [0.2, 0.25) is 5.02 Å². The maximum atomic E-state index is 14.0. The quantitative estimate of drug-likeness (QED) is 0.290. The number of piperazine rings is 1. The van der Waals surface area contributed by atoms with Gasteiger partial charge in [0.25, 0.3) is 0 Å². The highest BCUT2D eigenvalue weighted by atomic mass is 35.5. The topological polar surface area (TPSA) is 144 Å². The number of benzene rings is 2. The van der Waals surface area contributed by atoms with Crippen LogP contribution in [-0.2, 0) is 20.9 Å². The summed E-state index contributed by atoms with van der Waals surface area (Å²) in [4.78, 5) is 56.6. The molecule has 4 rings (SSSR count). The summed E-state index contributed by atoms with van der Waals surface area (Å²) in [6.07, 6.45) is -0.109. The first-order valence-electron chi connectivity index (χ1n) is 13.6. The van der Waals surface area contributed by atoms with Crippen molar-refractivity contribution in [1.82, 2.24) is 25.2 Å². The third-order valence-electron chi connectivity index (χ3n) is 7.04. The van der Waals surface area contributed by atoms with Crippen molar-refractivity contribution in [3.05, 3.63) is 71.1 Å². The van der Waals surface area contributed by atoms with E-state index in [4.69, 9.17) is 21.4 Å². The molecule has 0 saturated carbocycles. The molecule has 1 aliphatic heterocycles. The predicted molar refractivity (Wildman–Crippen MR) is 157 cm³/mol. The molecule has 2 aromatic carbocycles. The molecule has 0 spiro atoms. The Labute approximate surface area is 252 Å². The van der Waals surface area contributed by atoms with Crippen molar-refractivity contribution in [2.75, 3.05) is 38.1 Å². The highest BCUT2D eigenvalue weighted by Gasteiger charge is 2.28. The number of hydrogen-bond acceptors (Lipinski definition) is 7. The van der Waals surface area contributed by atoms with Gasteiger partial charge >= 0.3 is 12.2 Å². The van der Waals surface area contributed by atoms with Gasteiger partial charge in [0.2, 0.25) is 11.8 Å². The van der Waals surface area contributed by atoms with Gasteiger partial charge in [-0.3, -0.25) is 19.9 Å². The second-order valence-electron chi connectivity index (χ2n) is 9.92. The Bertz CT molecular complexity index is 1480. The SMILES string of the molecule is CC(=O)N(NCc1cccc(F)c1Cl)[C@@H](CCC(=O)N1CCN(C(=O)O)CC1)COC(=O)Nc1cc2ccccc2cn1. The lowest BCUT2D eigenvalue weighted by Crippen LogP contribution is -2.52. The number of nitrogens with one attached hydrogen (secondary N) is 2. The number of carbonyl (C=O) groups is 4. The third-order valence-corrected chi connectivity index (χ3v) is 7.46. The van der Waals surface area contributed by atoms with Crippen molar-refractivity contribution in [2.24, 2.45) is 0 Å². The minimum Gasteiger partial charge on any atom is -0.465 e. The standard InChI is InChI=1S/C29H32ClFN6O6/c1-19(38)37(33-17-22-7-4-8-24(31)27(22)30)23(9-10-26(39)35-11-13-36(14-12-35)29(41)42)18-43-28(40)34-25-15-20-5-2-3-6-21(20)16-32-25/h2-8,15-16,23,33H,9-14,17-18H2,1H3,(H,41,42)(H,32,34,40)/t23-/m0/s1. The molecular formula is C29H32ClFN6O6. The van der Waals surface area contributed by atoms with Gasteiger partial charge in [0.05, 0.1) is 11.1 Å². The number of carboxylic acid groups (broad SMARTS) is 1. The number of nitrogens with zero attached hydrogens (tertiary/aromatic N) is 4. The Kier molecular flexibility index (Phi) is 10.7. The van der Waals surface area contributed by atoms with Gasteiger partial charge in [-0.15, -0.1) is 0 Å². The molecule has 1 aliphatic rings. The van der Waals surface area contributed by atoms with Crippen molar-refractivity contribution in [1.29, 1.82) is 0 Å². The van der Waals surface area contributed by atoms with Crippen molar-refractivity contribution < 1.29 is 33.4 Å². The normalized spacial score (nSPS) is 13.8. The molecule has 1 atom stereocenters. The Morgan fingerprint density at radius 2 is 1.77 bits per heavy atom. The second kappa shape index (κ2) is 14.6. The highest BCUT2D eigenvalue weighted by molar-refractivity contribution is 6.31. The van der Waals surface area contributed by atoms with Gasteiger partial charge in [-0.25, -0.2) is 24.4 Å². The highest BCUT2D eigenvalue weighted by Crippen LogP contribution is 2.20. The zero-order valence-electron chi connectivity index (χ0n) is 23.5. The molecule has 0 aliphatic carbocycles. The van der Waals surface area contributed by atoms with Crippen LogP contribution in [0, 0.1) is 5.82 Å². The summed E-state index contributed by atoms with van der Waals surface area (Å²) in [6, 6.07) is 12.7. The van der Waals surface area contributed by atoms with Gasteiger partial charge in [-0.1, -0.05) is 48.0 Å². The van der Waals surface area contributed by atoms with Gasteiger partial charge in [0, 0.05) is 57.7 Å². The van der Waals surface area contributed by atoms with E-state index < -0.39 is 30.0 Å². The molecule has 14 heteroatoms. The van der Waals surface area contributed by atoms with Crippen LogP contribution in [0.1, 0.15) is 25.3 Å². The van der Waals surface area contributed by atoms with Crippen molar-refractivity contribution >= 4 is 52.2 Å². The van der Waals surface area contributed by atoms with E-state index in [0.29, 0.717) is 5.56 Å². The average molecular weight is 615 g/mol. The molecule has 4 amide bonds. The molecule has 1 saturated heterocycles. The maximum absolute atomic E-state index is 14.0. The second-order valence-corrected chi connectivity index (χ2v) is 10.3. The molecule has 1 aromatic heterocycles. The lowest BCUT2D eigenvalue weighted by Gasteiger charge is -2.34. The molecule has 0 bridgehead atoms. The minimum atomic E-state index is -1.04. The zero-order valence-corrected chi connectivity index (χ0v) is 24.2. The maximum Gasteiger partial charge on any atom is 0.412 e. The van der Waals surface area contributed by atoms with Crippen LogP contribution in [0.25, 0.3) is 10.8 Å². The number of halogens is 2. The molecule has 0 unspecified atom stereocenters. The van der Waals surface area contributed by atoms with E-state index in [-0.39, 0.29) is 68.9 Å². The Balaban J connectivity index is 1.42. The summed E-state index contributed by atoms with van der Waals surface area (Å²) >= 11 is 6.08. The first kappa shape index (κ1) is 31.4. The first-order chi connectivity index (χ1) is 20.6. The summed E-state index contributed by atoms with van der Waals surface area (Å²) in [6.45, 7) is 1.92. The van der Waals surface area contributed by atoms with Crippen molar-refractivity contribution in [3.8, 4) is 0 Å². The molecule has 12 nitrogen and oxygen atoms in total. The number of rotatable bonds is 10. The lowest BCUT2D eigenvalue weighted by molar-refractivity contribution is -0.139. The fourth-order valence-corrected chi connectivity index (χ4v) is 4.89. The van der Waals surface area contributed by atoms with Gasteiger partial charge in [-0.05, 0) is 29.5 Å². The third kappa shape index (κ3) is 8.52. The van der Waals surface area contributed by atoms with Crippen LogP contribution in [0.15, 0.2) is 54.7 Å². The molecule has 228 valence electrons. The van der Waals surface area contributed by atoms with Gasteiger partial charge in [0.15, 0.2) is 0 Å². The summed E-state index contributed by atoms with van der Waals surface area (Å²) < 4.78 is 19.4. The number of hydrazine groups is 1. The van der Waals surface area contributed by atoms with E-state index in [1.54, 1.807) is 23.2 Å². The average Bonchev–Trinajstić information content (AvgIpc) is 2.99. The Morgan fingerprint density at radius 1 is 1.07 bits per heavy atom. The Morgan fingerprint density at radius 3 is 2.47 bits per heavy atom. The van der Waals surface area contributed by atoms with Gasteiger partial charge in [0.1, 0.15) is 18.2 Å². The molecule has 43 heavy (non-hydrogen) atoms. The molecule has 2 heterocycles. The van der Waals surface area contributed by atoms with Crippen LogP contribution in [0.3, 0.4) is 0 Å². The number of aromatic nitrogens is 1. The van der Waals surface area contributed by atoms with Crippen LogP contribution >= 0.6 is 11.6 Å². The zero-order chi connectivity index (χ0) is 30.9. The lowest BCUT2D eigenvalue weighted by atomic mass is 10.1. The van der Waals surface area contributed by atoms with Gasteiger partial charge < -0.3 is 19.6 Å². The van der Waals surface area contributed by atoms with E-state index in [9.17, 15) is 23.6 Å². The molecular weight excluding hydrogens is 583 g/mol. The van der Waals surface area contributed by atoms with Crippen LogP contribution < -0.4 is 10.7 Å². The summed E-state index contributed by atoms with van der Waals surface area (Å²) in [5, 5.41) is 14.6. The fraction of sp³-hybridized carbons (Fsp3) is 0.345. The summed E-state index contributed by atoms with van der Waals surface area (Å²) in [5.74, 6) is -0.988. The van der Waals surface area contributed by atoms with Crippen molar-refractivity contribution in [2.45, 2.75) is 32.4 Å². The molecule has 1 fully saturated rings. The number of amides is 4. The number of hydrogen-bond donors (Lipinski definition) is 3. The van der Waals surface area contributed by atoms with Crippen LogP contribution in [0.4, 0.5) is 19.8 Å². The van der Waals surface area contributed by atoms with Crippen LogP contribution in [0.5, 0.6) is 0 Å². The van der Waals surface area contributed by atoms with Crippen LogP contribution in [-0.4, -0.2) is 87.7 Å². The largest absolute Gasteiger partial charge is 0.465 e. The smallest absolute Gasteiger partial charge is 0.412 e. The van der Waals surface area contributed by atoms with E-state index in [2.05, 4.69) is 15.7 Å². The van der Waals surface area contributed by atoms with E-state index >= 15 is 0 Å². The predicted octanol–water partition coefficient (Wildman–Crippen LogP) is 4.10. The molecule has 0 radical (unpaired) electrons. The first-order valence-corrected chi connectivity index (χ1v) is 14.0. The number of fused-ring (bicyclic) bond motifs is 1. The molecule has 3 N–H and O–H groups in total. The number of pyridine rings is 1. The fourth-order valence-electron chi connectivity index (χ4n) is 4.70. The van der Waals surface area contributed by atoms with E-state index in [1.807, 2.05) is 24.3 Å². The number of anilines is 1. The monoisotopic (exact) mass is 614 g/mol. The van der Waals surface area contributed by atoms with E-state index in [1.165, 1.54) is 29.0 Å². The Hall–Kier alpha value is -4.49. The number of carbonyl (C=O) groups excluding carboxylic acids is 3. The summed E-state index contributed by atoms with van der Waals surface area (Å²) in [5.41, 5.74) is 3.33. The van der Waals surface area contributed by atoms with Gasteiger partial charge in [-0.2, -0.15) is 0 Å².